The van der Waals surface area contributed by atoms with Crippen molar-refractivity contribution in [3.8, 4) is 0 Å². The van der Waals surface area contributed by atoms with Crippen molar-refractivity contribution in [2.75, 3.05) is 7.11 Å². The molecule has 1 saturated carbocycles. The summed E-state index contributed by atoms with van der Waals surface area (Å²) >= 11 is 0. The van der Waals surface area contributed by atoms with Crippen LogP contribution in [-0.4, -0.2) is 25.0 Å². The van der Waals surface area contributed by atoms with E-state index in [1.807, 2.05) is 0 Å². The highest BCUT2D eigenvalue weighted by molar-refractivity contribution is 5.96. The van der Waals surface area contributed by atoms with Gasteiger partial charge in [-0.2, -0.15) is 13.2 Å². The molecule has 0 bridgehead atoms. The maximum absolute atomic E-state index is 12.5. The molecule has 1 N–H and O–H groups in total. The molecule has 1 aromatic carbocycles. The maximum atomic E-state index is 12.5. The molecule has 120 valence electrons. The fourth-order valence-corrected chi connectivity index (χ4v) is 2.10. The van der Waals surface area contributed by atoms with Crippen LogP contribution in [0.3, 0.4) is 0 Å². The quantitative estimate of drug-likeness (QED) is 0.850. The predicted molar refractivity (Wildman–Crippen MR) is 72.1 cm³/mol. The van der Waals surface area contributed by atoms with Gasteiger partial charge in [0.1, 0.15) is 6.04 Å². The predicted octanol–water partition coefficient (Wildman–Crippen LogP) is 2.78. The molecule has 1 amide bonds. The third-order valence-corrected chi connectivity index (χ3v) is 3.53. The highest BCUT2D eigenvalue weighted by Gasteiger charge is 2.32. The van der Waals surface area contributed by atoms with Gasteiger partial charge >= 0.3 is 12.1 Å². The average molecular weight is 315 g/mol. The fourth-order valence-electron chi connectivity index (χ4n) is 2.10. The van der Waals surface area contributed by atoms with Gasteiger partial charge in [0.25, 0.3) is 5.91 Å². The molecule has 0 heterocycles. The van der Waals surface area contributed by atoms with Gasteiger partial charge < -0.3 is 10.1 Å². The van der Waals surface area contributed by atoms with E-state index in [1.165, 1.54) is 7.11 Å². The van der Waals surface area contributed by atoms with Gasteiger partial charge in [-0.3, -0.25) is 4.79 Å². The van der Waals surface area contributed by atoms with Crippen LogP contribution >= 0.6 is 0 Å². The number of benzene rings is 1. The largest absolute Gasteiger partial charge is 0.467 e. The number of ether oxygens (including phenoxy) is 1. The summed E-state index contributed by atoms with van der Waals surface area (Å²) in [6.07, 6.45) is -1.96. The zero-order valence-corrected chi connectivity index (χ0v) is 11.9. The van der Waals surface area contributed by atoms with Gasteiger partial charge in [0.15, 0.2) is 0 Å². The maximum Gasteiger partial charge on any atom is 0.416 e. The van der Waals surface area contributed by atoms with E-state index < -0.39 is 29.7 Å². The molecule has 1 atom stereocenters. The third-order valence-electron chi connectivity index (χ3n) is 3.53. The first-order chi connectivity index (χ1) is 10.3. The second kappa shape index (κ2) is 6.37. The van der Waals surface area contributed by atoms with Crippen molar-refractivity contribution in [3.05, 3.63) is 35.4 Å². The second-order valence-corrected chi connectivity index (χ2v) is 5.30. The van der Waals surface area contributed by atoms with E-state index in [4.69, 9.17) is 0 Å². The van der Waals surface area contributed by atoms with E-state index in [2.05, 4.69) is 10.1 Å². The number of hydrogen-bond acceptors (Lipinski definition) is 3. The van der Waals surface area contributed by atoms with Crippen LogP contribution in [0, 0.1) is 5.92 Å². The second-order valence-electron chi connectivity index (χ2n) is 5.30. The number of carbonyl (C=O) groups is 2. The molecule has 22 heavy (non-hydrogen) atoms. The van der Waals surface area contributed by atoms with Crippen LogP contribution in [0.15, 0.2) is 24.3 Å². The molecular weight excluding hydrogens is 299 g/mol. The monoisotopic (exact) mass is 315 g/mol. The number of nitrogens with one attached hydrogen (secondary N) is 1. The van der Waals surface area contributed by atoms with Crippen molar-refractivity contribution in [1.29, 1.82) is 0 Å². The van der Waals surface area contributed by atoms with Crippen molar-refractivity contribution in [2.45, 2.75) is 31.5 Å². The Kier molecular flexibility index (Phi) is 4.73. The fraction of sp³-hybridized carbons (Fsp3) is 0.467. The summed E-state index contributed by atoms with van der Waals surface area (Å²) in [5.41, 5.74) is -0.760. The third kappa shape index (κ3) is 4.22. The number of methoxy groups -OCH3 is 1. The molecule has 0 radical (unpaired) electrons. The van der Waals surface area contributed by atoms with E-state index >= 15 is 0 Å². The Labute approximate surface area is 125 Å². The molecule has 0 aromatic heterocycles. The Morgan fingerprint density at radius 2 is 1.86 bits per heavy atom. The first-order valence-electron chi connectivity index (χ1n) is 6.87. The minimum absolute atomic E-state index is 0.0673. The standard InChI is InChI=1S/C15H16F3NO3/c1-22-14(21)12(8-9-2-3-9)19-13(20)10-4-6-11(7-5-10)15(16,17)18/h4-7,9,12H,2-3,8H2,1H3,(H,19,20)/t12-/m0/s1. The Morgan fingerprint density at radius 1 is 1.27 bits per heavy atom. The van der Waals surface area contributed by atoms with Crippen molar-refractivity contribution in [1.82, 2.24) is 5.32 Å². The van der Waals surface area contributed by atoms with Crippen LogP contribution in [0.2, 0.25) is 0 Å². The number of esters is 1. The van der Waals surface area contributed by atoms with Crippen molar-refractivity contribution in [2.24, 2.45) is 5.92 Å². The number of halogens is 3. The van der Waals surface area contributed by atoms with E-state index in [0.29, 0.717) is 12.3 Å². The molecule has 2 rings (SSSR count). The Balaban J connectivity index is 2.04. The molecule has 0 spiro atoms. The molecular formula is C15H16F3NO3. The molecule has 1 aliphatic carbocycles. The first-order valence-corrected chi connectivity index (χ1v) is 6.87. The Bertz CT molecular complexity index is 550. The van der Waals surface area contributed by atoms with Gasteiger partial charge in [-0.1, -0.05) is 12.8 Å². The molecule has 7 heteroatoms. The van der Waals surface area contributed by atoms with E-state index in [1.54, 1.807) is 0 Å². The molecule has 1 aliphatic rings. The molecule has 4 nitrogen and oxygen atoms in total. The smallest absolute Gasteiger partial charge is 0.416 e. The van der Waals surface area contributed by atoms with Gasteiger partial charge in [-0.25, -0.2) is 4.79 Å². The van der Waals surface area contributed by atoms with Crippen LogP contribution < -0.4 is 5.32 Å². The Hall–Kier alpha value is -2.05. The first kappa shape index (κ1) is 16.3. The lowest BCUT2D eigenvalue weighted by Gasteiger charge is -2.16. The molecule has 0 unspecified atom stereocenters. The van der Waals surface area contributed by atoms with Gasteiger partial charge in [0, 0.05) is 5.56 Å². The van der Waals surface area contributed by atoms with E-state index in [0.717, 1.165) is 37.1 Å². The number of hydrogen-bond donors (Lipinski definition) is 1. The molecule has 1 fully saturated rings. The average Bonchev–Trinajstić information content (AvgIpc) is 3.29. The normalized spacial score (nSPS) is 16.0. The van der Waals surface area contributed by atoms with Gasteiger partial charge in [0.2, 0.25) is 0 Å². The number of rotatable bonds is 5. The zero-order valence-electron chi connectivity index (χ0n) is 11.9. The lowest BCUT2D eigenvalue weighted by Crippen LogP contribution is -2.41. The van der Waals surface area contributed by atoms with Gasteiger partial charge in [0.05, 0.1) is 12.7 Å². The summed E-state index contributed by atoms with van der Waals surface area (Å²) in [7, 11) is 1.23. The SMILES string of the molecule is COC(=O)[C@H](CC1CC1)NC(=O)c1ccc(C(F)(F)F)cc1. The van der Waals surface area contributed by atoms with Crippen LogP contribution in [0.1, 0.15) is 35.2 Å². The van der Waals surface area contributed by atoms with Crippen LogP contribution in [0.5, 0.6) is 0 Å². The summed E-state index contributed by atoms with van der Waals surface area (Å²) in [6, 6.07) is 3.08. The van der Waals surface area contributed by atoms with Crippen LogP contribution in [-0.2, 0) is 15.7 Å². The van der Waals surface area contributed by atoms with E-state index in [9.17, 15) is 22.8 Å². The van der Waals surface area contributed by atoms with Crippen LogP contribution in [0.4, 0.5) is 13.2 Å². The lowest BCUT2D eigenvalue weighted by atomic mass is 10.1. The van der Waals surface area contributed by atoms with Crippen molar-refractivity contribution >= 4 is 11.9 Å². The number of amides is 1. The summed E-state index contributed by atoms with van der Waals surface area (Å²) in [6.45, 7) is 0. The lowest BCUT2D eigenvalue weighted by molar-refractivity contribution is -0.143. The number of carbonyl (C=O) groups excluding carboxylic acids is 2. The summed E-state index contributed by atoms with van der Waals surface area (Å²) < 4.78 is 42.1. The van der Waals surface area contributed by atoms with Crippen LogP contribution in [0.25, 0.3) is 0 Å². The molecule has 1 aromatic rings. The summed E-state index contributed by atoms with van der Waals surface area (Å²) in [4.78, 5) is 23.7. The minimum atomic E-state index is -4.45. The highest BCUT2D eigenvalue weighted by Crippen LogP contribution is 2.34. The molecule has 0 aliphatic heterocycles. The van der Waals surface area contributed by atoms with Crippen molar-refractivity contribution in [3.63, 3.8) is 0 Å². The minimum Gasteiger partial charge on any atom is -0.467 e. The summed E-state index contributed by atoms with van der Waals surface area (Å²) in [5.74, 6) is -0.756. The Morgan fingerprint density at radius 3 is 2.32 bits per heavy atom. The van der Waals surface area contributed by atoms with Gasteiger partial charge in [-0.15, -0.1) is 0 Å². The van der Waals surface area contributed by atoms with E-state index in [-0.39, 0.29) is 5.56 Å². The van der Waals surface area contributed by atoms with Crippen molar-refractivity contribution < 1.29 is 27.5 Å². The highest BCUT2D eigenvalue weighted by atomic mass is 19.4. The van der Waals surface area contributed by atoms with Gasteiger partial charge in [-0.05, 0) is 36.6 Å². The zero-order chi connectivity index (χ0) is 16.3. The molecule has 0 saturated heterocycles. The summed E-state index contributed by atoms with van der Waals surface area (Å²) in [5, 5.41) is 2.52. The topological polar surface area (TPSA) is 55.4 Å². The number of alkyl halides is 3.